The molecule has 0 unspecified atom stereocenters. The van der Waals surface area contributed by atoms with Crippen molar-refractivity contribution in [2.24, 2.45) is 0 Å². The van der Waals surface area contributed by atoms with Gasteiger partial charge in [0.2, 0.25) is 0 Å². The minimum atomic E-state index is -0.709. The molecule has 0 aliphatic heterocycles. The third-order valence-corrected chi connectivity index (χ3v) is 2.45. The molecule has 0 aromatic carbocycles. The van der Waals surface area contributed by atoms with Crippen LogP contribution in [-0.2, 0) is 16.1 Å². The minimum Gasteiger partial charge on any atom is -0.462 e. The molecule has 1 rings (SSSR count). The van der Waals surface area contributed by atoms with Crippen LogP contribution >= 0.6 is 0 Å². The van der Waals surface area contributed by atoms with E-state index < -0.39 is 5.97 Å². The van der Waals surface area contributed by atoms with Gasteiger partial charge in [0, 0.05) is 6.54 Å². The van der Waals surface area contributed by atoms with E-state index in [2.05, 4.69) is 4.98 Å². The number of aromatic nitrogens is 2. The highest BCUT2D eigenvalue weighted by Gasteiger charge is 2.14. The summed E-state index contributed by atoms with van der Waals surface area (Å²) < 4.78 is 6.35. The van der Waals surface area contributed by atoms with Crippen LogP contribution in [0, 0.1) is 18.3 Å². The lowest BCUT2D eigenvalue weighted by Gasteiger charge is -2.04. The average Bonchev–Trinajstić information content (AvgIpc) is 2.64. The Kier molecular flexibility index (Phi) is 5.09. The number of hydrogen-bond acceptors (Lipinski definition) is 6. The SMILES string of the molecule is CCOC(=O)/C(C#N)=C/c1nc(C)n(CCO)c1N. The van der Waals surface area contributed by atoms with Gasteiger partial charge in [-0.05, 0) is 19.9 Å². The Morgan fingerprint density at radius 1 is 1.68 bits per heavy atom. The van der Waals surface area contributed by atoms with Crippen LogP contribution in [0.2, 0.25) is 0 Å². The molecular weight excluding hydrogens is 248 g/mol. The molecule has 1 aromatic heterocycles. The van der Waals surface area contributed by atoms with E-state index in [1.54, 1.807) is 24.5 Å². The number of aliphatic hydroxyl groups excluding tert-OH is 1. The number of anilines is 1. The van der Waals surface area contributed by atoms with Crippen molar-refractivity contribution in [3.8, 4) is 6.07 Å². The van der Waals surface area contributed by atoms with E-state index in [1.807, 2.05) is 0 Å². The molecule has 0 saturated carbocycles. The molecule has 0 aliphatic rings. The van der Waals surface area contributed by atoms with Gasteiger partial charge in [0.15, 0.2) is 0 Å². The summed E-state index contributed by atoms with van der Waals surface area (Å²) in [7, 11) is 0. The third kappa shape index (κ3) is 3.33. The van der Waals surface area contributed by atoms with Crippen LogP contribution in [0.15, 0.2) is 5.57 Å². The summed E-state index contributed by atoms with van der Waals surface area (Å²) in [4.78, 5) is 15.6. The Morgan fingerprint density at radius 2 is 2.37 bits per heavy atom. The second-order valence-corrected chi connectivity index (χ2v) is 3.70. The molecule has 0 aliphatic carbocycles. The van der Waals surface area contributed by atoms with E-state index in [0.29, 0.717) is 23.9 Å². The topological polar surface area (TPSA) is 114 Å². The van der Waals surface area contributed by atoms with Gasteiger partial charge < -0.3 is 20.1 Å². The first-order valence-electron chi connectivity index (χ1n) is 5.77. The molecule has 0 saturated heterocycles. The van der Waals surface area contributed by atoms with Gasteiger partial charge in [0.1, 0.15) is 29.0 Å². The highest BCUT2D eigenvalue weighted by molar-refractivity contribution is 5.98. The van der Waals surface area contributed by atoms with Gasteiger partial charge in [-0.2, -0.15) is 5.26 Å². The van der Waals surface area contributed by atoms with Gasteiger partial charge in [0.25, 0.3) is 0 Å². The van der Waals surface area contributed by atoms with E-state index in [1.165, 1.54) is 6.08 Å². The van der Waals surface area contributed by atoms with Gasteiger partial charge in [-0.25, -0.2) is 9.78 Å². The Labute approximate surface area is 110 Å². The first kappa shape index (κ1) is 14.7. The summed E-state index contributed by atoms with van der Waals surface area (Å²) in [5.41, 5.74) is 6.00. The van der Waals surface area contributed by atoms with E-state index >= 15 is 0 Å². The summed E-state index contributed by atoms with van der Waals surface area (Å²) >= 11 is 0. The van der Waals surface area contributed by atoms with Gasteiger partial charge in [-0.1, -0.05) is 0 Å². The zero-order chi connectivity index (χ0) is 14.4. The Bertz CT molecular complexity index is 540. The maximum absolute atomic E-state index is 11.5. The number of nitrogen functional groups attached to an aromatic ring is 1. The van der Waals surface area contributed by atoms with Crippen LogP contribution in [0.3, 0.4) is 0 Å². The molecule has 0 radical (unpaired) electrons. The van der Waals surface area contributed by atoms with Crippen LogP contribution < -0.4 is 5.73 Å². The number of carbonyl (C=O) groups is 1. The lowest BCUT2D eigenvalue weighted by Crippen LogP contribution is -2.08. The molecule has 102 valence electrons. The molecule has 0 amide bonds. The Balaban J connectivity index is 3.13. The first-order chi connectivity index (χ1) is 9.04. The van der Waals surface area contributed by atoms with Crippen molar-refractivity contribution in [3.63, 3.8) is 0 Å². The van der Waals surface area contributed by atoms with Gasteiger partial charge >= 0.3 is 5.97 Å². The number of carbonyl (C=O) groups excluding carboxylic acids is 1. The Hall–Kier alpha value is -2.33. The minimum absolute atomic E-state index is 0.0759. The molecule has 7 nitrogen and oxygen atoms in total. The number of aliphatic hydroxyl groups is 1. The summed E-state index contributed by atoms with van der Waals surface area (Å²) in [5, 5.41) is 17.8. The second kappa shape index (κ2) is 6.56. The van der Waals surface area contributed by atoms with Crippen LogP contribution in [-0.4, -0.2) is 33.8 Å². The molecule has 1 heterocycles. The Morgan fingerprint density at radius 3 is 2.89 bits per heavy atom. The summed E-state index contributed by atoms with van der Waals surface area (Å²) in [6, 6.07) is 1.76. The number of nitriles is 1. The van der Waals surface area contributed by atoms with Gasteiger partial charge in [0.05, 0.1) is 13.2 Å². The van der Waals surface area contributed by atoms with Crippen molar-refractivity contribution in [3.05, 3.63) is 17.1 Å². The molecule has 19 heavy (non-hydrogen) atoms. The van der Waals surface area contributed by atoms with Crippen LogP contribution in [0.5, 0.6) is 0 Å². The van der Waals surface area contributed by atoms with Crippen molar-refractivity contribution in [1.82, 2.24) is 9.55 Å². The van der Waals surface area contributed by atoms with E-state index in [-0.39, 0.29) is 18.8 Å². The fourth-order valence-corrected chi connectivity index (χ4v) is 1.58. The summed E-state index contributed by atoms with van der Waals surface area (Å²) in [6.45, 7) is 3.79. The molecule has 7 heteroatoms. The quantitative estimate of drug-likeness (QED) is 0.447. The van der Waals surface area contributed by atoms with Gasteiger partial charge in [-0.15, -0.1) is 0 Å². The van der Waals surface area contributed by atoms with E-state index in [9.17, 15) is 4.79 Å². The second-order valence-electron chi connectivity index (χ2n) is 3.70. The number of ether oxygens (including phenoxy) is 1. The summed E-state index contributed by atoms with van der Waals surface area (Å²) in [5.74, 6) is 0.182. The van der Waals surface area contributed by atoms with Crippen molar-refractivity contribution in [1.29, 1.82) is 5.26 Å². The number of esters is 1. The maximum Gasteiger partial charge on any atom is 0.348 e. The van der Waals surface area contributed by atoms with Crippen molar-refractivity contribution in [2.45, 2.75) is 20.4 Å². The molecule has 1 aromatic rings. The zero-order valence-corrected chi connectivity index (χ0v) is 10.9. The van der Waals surface area contributed by atoms with Crippen LogP contribution in [0.25, 0.3) is 6.08 Å². The number of nitrogens with zero attached hydrogens (tertiary/aromatic N) is 3. The smallest absolute Gasteiger partial charge is 0.348 e. The third-order valence-electron chi connectivity index (χ3n) is 2.45. The fourth-order valence-electron chi connectivity index (χ4n) is 1.58. The van der Waals surface area contributed by atoms with Crippen molar-refractivity contribution < 1.29 is 14.6 Å². The van der Waals surface area contributed by atoms with Crippen LogP contribution in [0.4, 0.5) is 5.82 Å². The molecule has 0 spiro atoms. The van der Waals surface area contributed by atoms with E-state index in [0.717, 1.165) is 0 Å². The monoisotopic (exact) mass is 264 g/mol. The molecule has 0 atom stereocenters. The van der Waals surface area contributed by atoms with Crippen molar-refractivity contribution >= 4 is 17.9 Å². The fraction of sp³-hybridized carbons (Fsp3) is 0.417. The first-order valence-corrected chi connectivity index (χ1v) is 5.77. The highest BCUT2D eigenvalue weighted by Crippen LogP contribution is 2.17. The van der Waals surface area contributed by atoms with Crippen molar-refractivity contribution in [2.75, 3.05) is 18.9 Å². The average molecular weight is 264 g/mol. The van der Waals surface area contributed by atoms with E-state index in [4.69, 9.17) is 20.8 Å². The van der Waals surface area contributed by atoms with Gasteiger partial charge in [-0.3, -0.25) is 0 Å². The number of hydrogen-bond donors (Lipinski definition) is 2. The summed E-state index contributed by atoms with van der Waals surface area (Å²) in [6.07, 6.45) is 1.29. The number of rotatable bonds is 5. The standard InChI is InChI=1S/C12H16N4O3/c1-3-19-12(18)9(7-13)6-10-11(14)16(4-5-17)8(2)15-10/h6,17H,3-5,14H2,1-2H3/b9-6+. The largest absolute Gasteiger partial charge is 0.462 e. The number of nitrogens with two attached hydrogens (primary N) is 1. The zero-order valence-electron chi connectivity index (χ0n) is 10.9. The maximum atomic E-state index is 11.5. The highest BCUT2D eigenvalue weighted by atomic mass is 16.5. The number of imidazole rings is 1. The molecule has 0 bridgehead atoms. The molecule has 0 fully saturated rings. The predicted molar refractivity (Wildman–Crippen MR) is 68.7 cm³/mol. The lowest BCUT2D eigenvalue weighted by molar-refractivity contribution is -0.137. The number of aryl methyl sites for hydroxylation is 1. The van der Waals surface area contributed by atoms with Crippen LogP contribution in [0.1, 0.15) is 18.4 Å². The predicted octanol–water partition coefficient (Wildman–Crippen LogP) is 0.236. The molecule has 3 N–H and O–H groups in total. The lowest BCUT2D eigenvalue weighted by atomic mass is 10.2. The molecular formula is C12H16N4O3. The normalized spacial score (nSPS) is 11.2.